The number of likely N-dealkylation sites (N-methyl/N-ethyl adjacent to an activating group) is 1. The van der Waals surface area contributed by atoms with E-state index in [9.17, 15) is 0 Å². The Labute approximate surface area is 92.1 Å². The van der Waals surface area contributed by atoms with Crippen LogP contribution in [0.3, 0.4) is 0 Å². The summed E-state index contributed by atoms with van der Waals surface area (Å²) in [6.07, 6.45) is 9.48. The zero-order valence-electron chi connectivity index (χ0n) is 9.45. The molecule has 0 aromatic carbocycles. The van der Waals surface area contributed by atoms with Gasteiger partial charge in [-0.1, -0.05) is 18.9 Å². The van der Waals surface area contributed by atoms with Crippen LogP contribution in [0.1, 0.15) is 37.2 Å². The van der Waals surface area contributed by atoms with E-state index in [4.69, 9.17) is 0 Å². The van der Waals surface area contributed by atoms with Gasteiger partial charge in [-0.15, -0.1) is 0 Å². The van der Waals surface area contributed by atoms with E-state index in [1.807, 2.05) is 25.5 Å². The smallest absolute Gasteiger partial charge is 0.0303 e. The Morgan fingerprint density at radius 3 is 2.87 bits per heavy atom. The Balaban J connectivity index is 2.11. The van der Waals surface area contributed by atoms with Gasteiger partial charge in [0, 0.05) is 24.9 Å². The molecule has 0 amide bonds. The first-order valence-corrected chi connectivity index (χ1v) is 5.96. The molecular weight excluding hydrogens is 184 g/mol. The molecule has 2 nitrogen and oxygen atoms in total. The average Bonchev–Trinajstić information content (AvgIpc) is 2.80. The van der Waals surface area contributed by atoms with Crippen molar-refractivity contribution in [1.82, 2.24) is 10.3 Å². The van der Waals surface area contributed by atoms with Crippen molar-refractivity contribution in [2.45, 2.75) is 31.6 Å². The molecule has 1 aromatic rings. The maximum Gasteiger partial charge on any atom is 0.0303 e. The molecule has 2 rings (SSSR count). The third kappa shape index (κ3) is 2.57. The third-order valence-corrected chi connectivity index (χ3v) is 3.51. The molecule has 0 aliphatic heterocycles. The van der Waals surface area contributed by atoms with E-state index >= 15 is 0 Å². The highest BCUT2D eigenvalue weighted by Gasteiger charge is 2.25. The van der Waals surface area contributed by atoms with Crippen LogP contribution in [0.2, 0.25) is 0 Å². The van der Waals surface area contributed by atoms with Gasteiger partial charge >= 0.3 is 0 Å². The van der Waals surface area contributed by atoms with Crippen LogP contribution < -0.4 is 5.32 Å². The predicted molar refractivity (Wildman–Crippen MR) is 62.9 cm³/mol. The number of aromatic nitrogens is 1. The van der Waals surface area contributed by atoms with Crippen LogP contribution in [0.5, 0.6) is 0 Å². The van der Waals surface area contributed by atoms with Crippen LogP contribution in [-0.4, -0.2) is 18.6 Å². The first kappa shape index (κ1) is 10.6. The Morgan fingerprint density at radius 2 is 2.27 bits per heavy atom. The normalized spacial score (nSPS) is 19.3. The summed E-state index contributed by atoms with van der Waals surface area (Å²) in [6, 6.07) is 4.26. The lowest BCUT2D eigenvalue weighted by Crippen LogP contribution is -2.23. The quantitative estimate of drug-likeness (QED) is 0.815. The van der Waals surface area contributed by atoms with Crippen LogP contribution in [0.25, 0.3) is 0 Å². The first-order valence-electron chi connectivity index (χ1n) is 5.96. The third-order valence-electron chi connectivity index (χ3n) is 3.51. The van der Waals surface area contributed by atoms with Gasteiger partial charge in [0.1, 0.15) is 0 Å². The van der Waals surface area contributed by atoms with Gasteiger partial charge in [-0.25, -0.2) is 0 Å². The molecule has 1 unspecified atom stereocenters. The fourth-order valence-corrected chi connectivity index (χ4v) is 2.73. The molecule has 2 heteroatoms. The molecule has 82 valence electrons. The summed E-state index contributed by atoms with van der Waals surface area (Å²) < 4.78 is 0. The Kier molecular flexibility index (Phi) is 3.73. The summed E-state index contributed by atoms with van der Waals surface area (Å²) in [5, 5.41) is 3.32. The minimum Gasteiger partial charge on any atom is -0.319 e. The van der Waals surface area contributed by atoms with Gasteiger partial charge in [0.2, 0.25) is 0 Å². The summed E-state index contributed by atoms with van der Waals surface area (Å²) in [4.78, 5) is 4.23. The molecule has 1 aliphatic carbocycles. The zero-order chi connectivity index (χ0) is 10.5. The molecule has 1 aliphatic rings. The second-order valence-electron chi connectivity index (χ2n) is 4.50. The molecular formula is C13H20N2. The molecule has 1 atom stereocenters. The molecule has 1 fully saturated rings. The predicted octanol–water partition coefficient (Wildman–Crippen LogP) is 2.57. The molecule has 0 bridgehead atoms. The fraction of sp³-hybridized carbons (Fsp3) is 0.615. The van der Waals surface area contributed by atoms with Crippen LogP contribution in [0.15, 0.2) is 24.5 Å². The number of rotatable bonds is 4. The van der Waals surface area contributed by atoms with Crippen molar-refractivity contribution < 1.29 is 0 Å². The summed E-state index contributed by atoms with van der Waals surface area (Å²) in [6.45, 7) is 1.08. The van der Waals surface area contributed by atoms with E-state index in [1.54, 1.807) is 0 Å². The summed E-state index contributed by atoms with van der Waals surface area (Å²) in [5.74, 6) is 1.52. The molecule has 0 radical (unpaired) electrons. The van der Waals surface area contributed by atoms with Crippen LogP contribution in [0, 0.1) is 5.92 Å². The second-order valence-corrected chi connectivity index (χ2v) is 4.50. The Morgan fingerprint density at radius 1 is 1.47 bits per heavy atom. The number of hydrogen-bond acceptors (Lipinski definition) is 2. The standard InChI is InChI=1S/C13H20N2/c1-14-10-13(11-5-2-3-6-11)12-7-4-8-15-9-12/h4,7-9,11,13-14H,2-3,5-6,10H2,1H3. The van der Waals surface area contributed by atoms with E-state index in [2.05, 4.69) is 16.4 Å². The summed E-state index contributed by atoms with van der Waals surface area (Å²) >= 11 is 0. The van der Waals surface area contributed by atoms with Crippen molar-refractivity contribution in [3.8, 4) is 0 Å². The van der Waals surface area contributed by atoms with Gasteiger partial charge in [0.25, 0.3) is 0 Å². The maximum absolute atomic E-state index is 4.23. The van der Waals surface area contributed by atoms with Crippen molar-refractivity contribution in [1.29, 1.82) is 0 Å². The number of nitrogens with one attached hydrogen (secondary N) is 1. The minimum absolute atomic E-state index is 0.659. The highest BCUT2D eigenvalue weighted by Crippen LogP contribution is 2.36. The van der Waals surface area contributed by atoms with Crippen molar-refractivity contribution in [2.24, 2.45) is 5.92 Å². The summed E-state index contributed by atoms with van der Waals surface area (Å²) in [5.41, 5.74) is 1.40. The SMILES string of the molecule is CNCC(c1cccnc1)C1CCCC1. The van der Waals surface area contributed by atoms with Gasteiger partial charge in [-0.3, -0.25) is 4.98 Å². The Hall–Kier alpha value is -0.890. The lowest BCUT2D eigenvalue weighted by Gasteiger charge is -2.23. The Bertz CT molecular complexity index is 278. The number of nitrogens with zero attached hydrogens (tertiary/aromatic N) is 1. The van der Waals surface area contributed by atoms with Gasteiger partial charge in [-0.05, 0) is 37.4 Å². The lowest BCUT2D eigenvalue weighted by molar-refractivity contribution is 0.420. The molecule has 0 saturated heterocycles. The van der Waals surface area contributed by atoms with Crippen molar-refractivity contribution in [3.63, 3.8) is 0 Å². The monoisotopic (exact) mass is 204 g/mol. The molecule has 1 aromatic heterocycles. The topological polar surface area (TPSA) is 24.9 Å². The van der Waals surface area contributed by atoms with Gasteiger partial charge < -0.3 is 5.32 Å². The molecule has 1 heterocycles. The largest absolute Gasteiger partial charge is 0.319 e. The second kappa shape index (κ2) is 5.26. The van der Waals surface area contributed by atoms with Crippen molar-refractivity contribution in [3.05, 3.63) is 30.1 Å². The molecule has 0 spiro atoms. The number of pyridine rings is 1. The lowest BCUT2D eigenvalue weighted by atomic mass is 9.85. The van der Waals surface area contributed by atoms with E-state index in [0.717, 1.165) is 12.5 Å². The number of hydrogen-bond donors (Lipinski definition) is 1. The van der Waals surface area contributed by atoms with E-state index in [0.29, 0.717) is 5.92 Å². The van der Waals surface area contributed by atoms with Crippen LogP contribution in [0.4, 0.5) is 0 Å². The maximum atomic E-state index is 4.23. The first-order chi connectivity index (χ1) is 7.42. The van der Waals surface area contributed by atoms with E-state index in [-0.39, 0.29) is 0 Å². The van der Waals surface area contributed by atoms with Crippen molar-refractivity contribution in [2.75, 3.05) is 13.6 Å². The molecule has 1 saturated carbocycles. The van der Waals surface area contributed by atoms with Crippen molar-refractivity contribution >= 4 is 0 Å². The highest BCUT2D eigenvalue weighted by molar-refractivity contribution is 5.16. The average molecular weight is 204 g/mol. The van der Waals surface area contributed by atoms with Crippen LogP contribution >= 0.6 is 0 Å². The van der Waals surface area contributed by atoms with E-state index in [1.165, 1.54) is 31.2 Å². The van der Waals surface area contributed by atoms with Gasteiger partial charge in [0.05, 0.1) is 0 Å². The van der Waals surface area contributed by atoms with Crippen LogP contribution in [-0.2, 0) is 0 Å². The van der Waals surface area contributed by atoms with Gasteiger partial charge in [0.15, 0.2) is 0 Å². The fourth-order valence-electron chi connectivity index (χ4n) is 2.73. The zero-order valence-corrected chi connectivity index (χ0v) is 9.45. The summed E-state index contributed by atoms with van der Waals surface area (Å²) in [7, 11) is 2.04. The molecule has 1 N–H and O–H groups in total. The van der Waals surface area contributed by atoms with Gasteiger partial charge in [-0.2, -0.15) is 0 Å². The molecule has 15 heavy (non-hydrogen) atoms. The highest BCUT2D eigenvalue weighted by atomic mass is 14.8. The van der Waals surface area contributed by atoms with E-state index < -0.39 is 0 Å². The minimum atomic E-state index is 0.659.